The molecule has 1 nitrogen and oxygen atoms in total. The predicted molar refractivity (Wildman–Crippen MR) is 157 cm³/mol. The predicted octanol–water partition coefficient (Wildman–Crippen LogP) is 8.24. The largest absolute Gasteiger partial charge is 0.326 e. The second-order valence-corrected chi connectivity index (χ2v) is 11.3. The van der Waals surface area contributed by atoms with Gasteiger partial charge in [-0.05, 0) is 95.7 Å². The van der Waals surface area contributed by atoms with Crippen LogP contribution in [-0.2, 0) is 13.0 Å². The average Bonchev–Trinajstić information content (AvgIpc) is 3.51. The van der Waals surface area contributed by atoms with Crippen molar-refractivity contribution in [3.63, 3.8) is 0 Å². The van der Waals surface area contributed by atoms with Crippen molar-refractivity contribution < 1.29 is 0 Å². The minimum atomic E-state index is 0.585. The molecule has 0 radical (unpaired) electrons. The number of hydrogen-bond acceptors (Lipinski definition) is 3. The van der Waals surface area contributed by atoms with Gasteiger partial charge in [0, 0.05) is 21.2 Å². The monoisotopic (exact) mass is 483 g/mol. The summed E-state index contributed by atoms with van der Waals surface area (Å²) in [7, 11) is 2.26. The number of hydrogen-bond donors (Lipinski definition) is 1. The first-order chi connectivity index (χ1) is 16.5. The molecule has 4 rings (SSSR count). The van der Waals surface area contributed by atoms with E-state index in [-0.39, 0.29) is 0 Å². The van der Waals surface area contributed by atoms with Crippen LogP contribution in [0, 0.1) is 6.92 Å². The molecule has 0 atom stereocenters. The highest BCUT2D eigenvalue weighted by Gasteiger charge is 2.13. The Morgan fingerprint density at radius 2 is 1.47 bits per heavy atom. The zero-order valence-corrected chi connectivity index (χ0v) is 22.4. The lowest BCUT2D eigenvalue weighted by atomic mass is 9.97. The summed E-state index contributed by atoms with van der Waals surface area (Å²) in [6, 6.07) is 22.5. The SMILES string of the molecule is BCCCCc1ccc(-c2cc(/C(C)=C(/C)c3csc(-c4ccc(CN)cc4)c3)c(C)s2)cc1. The summed E-state index contributed by atoms with van der Waals surface area (Å²) in [5.74, 6) is 0. The molecule has 0 saturated carbocycles. The van der Waals surface area contributed by atoms with E-state index in [0.717, 1.165) is 0 Å². The molecular weight excluding hydrogens is 449 g/mol. The number of benzene rings is 2. The summed E-state index contributed by atoms with van der Waals surface area (Å²) in [4.78, 5) is 4.03. The summed E-state index contributed by atoms with van der Waals surface area (Å²) >= 11 is 3.71. The van der Waals surface area contributed by atoms with E-state index in [1.165, 1.54) is 84.7 Å². The van der Waals surface area contributed by atoms with Crippen molar-refractivity contribution in [3.8, 4) is 20.9 Å². The molecule has 0 spiro atoms. The number of unbranched alkanes of at least 4 members (excludes halogenated alkanes) is 1. The molecule has 4 heteroatoms. The number of nitrogens with two attached hydrogens (primary N) is 1. The second-order valence-electron chi connectivity index (χ2n) is 9.09. The fourth-order valence-corrected chi connectivity index (χ4v) is 6.37. The minimum absolute atomic E-state index is 0.585. The van der Waals surface area contributed by atoms with Gasteiger partial charge in [0.15, 0.2) is 0 Å². The Bertz CT molecular complexity index is 1260. The van der Waals surface area contributed by atoms with Gasteiger partial charge in [-0.3, -0.25) is 0 Å². The molecule has 174 valence electrons. The Kier molecular flexibility index (Phi) is 8.26. The molecule has 2 N–H and O–H groups in total. The summed E-state index contributed by atoms with van der Waals surface area (Å²) in [5.41, 5.74) is 16.3. The van der Waals surface area contributed by atoms with Crippen LogP contribution in [0.5, 0.6) is 0 Å². The lowest BCUT2D eigenvalue weighted by Gasteiger charge is -2.06. The zero-order valence-electron chi connectivity index (χ0n) is 20.8. The third-order valence-electron chi connectivity index (χ3n) is 6.70. The fourth-order valence-electron chi connectivity index (χ4n) is 4.32. The van der Waals surface area contributed by atoms with E-state index in [2.05, 4.69) is 94.7 Å². The molecular formula is C30H34BNS2. The molecule has 0 unspecified atom stereocenters. The maximum atomic E-state index is 5.75. The van der Waals surface area contributed by atoms with Crippen molar-refractivity contribution in [1.29, 1.82) is 0 Å². The van der Waals surface area contributed by atoms with Crippen molar-refractivity contribution in [1.82, 2.24) is 0 Å². The van der Waals surface area contributed by atoms with Crippen molar-refractivity contribution in [2.45, 2.75) is 52.9 Å². The molecule has 4 aromatic rings. The van der Waals surface area contributed by atoms with Gasteiger partial charge in [0.1, 0.15) is 7.85 Å². The van der Waals surface area contributed by atoms with Crippen LogP contribution in [0.25, 0.3) is 32.0 Å². The number of allylic oxidation sites excluding steroid dienone is 2. The quantitative estimate of drug-likeness (QED) is 0.188. The van der Waals surface area contributed by atoms with E-state index >= 15 is 0 Å². The molecule has 2 aromatic heterocycles. The highest BCUT2D eigenvalue weighted by Crippen LogP contribution is 2.39. The molecule has 2 heterocycles. The first-order valence-electron chi connectivity index (χ1n) is 12.3. The normalized spacial score (nSPS) is 12.1. The van der Waals surface area contributed by atoms with E-state index in [0.29, 0.717) is 6.54 Å². The summed E-state index contributed by atoms with van der Waals surface area (Å²) in [6.45, 7) is 7.35. The van der Waals surface area contributed by atoms with Gasteiger partial charge in [0.25, 0.3) is 0 Å². The molecule has 34 heavy (non-hydrogen) atoms. The number of thiophene rings is 2. The minimum Gasteiger partial charge on any atom is -0.326 e. The third kappa shape index (κ3) is 5.63. The molecule has 0 aliphatic carbocycles. The fraction of sp³-hybridized carbons (Fsp3) is 0.267. The van der Waals surface area contributed by atoms with Crippen LogP contribution < -0.4 is 5.73 Å². The standard InChI is InChI=1S/C30H34BNS2/c1-20(27-16-29(33-19-27)25-13-9-24(18-32)10-14-25)21(2)28-17-30(34-22(28)3)26-11-7-23(8-12-26)6-4-5-15-31/h7-14,16-17,19H,4-6,15,18,31-32H2,1-3H3/b21-20-. The van der Waals surface area contributed by atoms with Gasteiger partial charge in [-0.2, -0.15) is 0 Å². The summed E-state index contributed by atoms with van der Waals surface area (Å²) < 4.78 is 0. The van der Waals surface area contributed by atoms with Crippen LogP contribution >= 0.6 is 22.7 Å². The van der Waals surface area contributed by atoms with Gasteiger partial charge in [-0.15, -0.1) is 22.7 Å². The van der Waals surface area contributed by atoms with Crippen molar-refractivity contribution in [3.05, 3.63) is 93.2 Å². The van der Waals surface area contributed by atoms with Crippen LogP contribution in [0.4, 0.5) is 0 Å². The Labute approximate surface area is 213 Å². The van der Waals surface area contributed by atoms with E-state index in [1.807, 2.05) is 22.7 Å². The van der Waals surface area contributed by atoms with Crippen molar-refractivity contribution >= 4 is 41.7 Å². The number of aryl methyl sites for hydroxylation is 2. The summed E-state index contributed by atoms with van der Waals surface area (Å²) in [5, 5.41) is 2.28. The second kappa shape index (κ2) is 11.4. The van der Waals surface area contributed by atoms with Crippen LogP contribution in [0.15, 0.2) is 66.0 Å². The van der Waals surface area contributed by atoms with Gasteiger partial charge in [0.2, 0.25) is 0 Å². The van der Waals surface area contributed by atoms with Gasteiger partial charge < -0.3 is 5.73 Å². The van der Waals surface area contributed by atoms with Crippen molar-refractivity contribution in [2.75, 3.05) is 0 Å². The molecule has 2 aromatic carbocycles. The smallest absolute Gasteiger partial charge is 0.101 e. The van der Waals surface area contributed by atoms with Crippen LogP contribution in [0.1, 0.15) is 53.8 Å². The maximum Gasteiger partial charge on any atom is 0.101 e. The Morgan fingerprint density at radius 1 is 0.824 bits per heavy atom. The lowest BCUT2D eigenvalue weighted by molar-refractivity contribution is 0.794. The van der Waals surface area contributed by atoms with Gasteiger partial charge in [-0.25, -0.2) is 0 Å². The lowest BCUT2D eigenvalue weighted by Crippen LogP contribution is -1.94. The van der Waals surface area contributed by atoms with Crippen LogP contribution in [0.2, 0.25) is 6.32 Å². The molecule has 0 bridgehead atoms. The molecule has 0 aliphatic heterocycles. The van der Waals surface area contributed by atoms with Gasteiger partial charge >= 0.3 is 0 Å². The third-order valence-corrected chi connectivity index (χ3v) is 8.78. The Balaban J connectivity index is 1.55. The number of rotatable bonds is 9. The highest BCUT2D eigenvalue weighted by molar-refractivity contribution is 7.15. The van der Waals surface area contributed by atoms with Crippen LogP contribution in [0.3, 0.4) is 0 Å². The highest BCUT2D eigenvalue weighted by atomic mass is 32.1. The Morgan fingerprint density at radius 3 is 2.12 bits per heavy atom. The molecule has 0 fully saturated rings. The van der Waals surface area contributed by atoms with E-state index in [4.69, 9.17) is 5.73 Å². The average molecular weight is 484 g/mol. The molecule has 0 amide bonds. The zero-order chi connectivity index (χ0) is 24.1. The van der Waals surface area contributed by atoms with Crippen LogP contribution in [-0.4, -0.2) is 7.85 Å². The molecule has 0 saturated heterocycles. The summed E-state index contributed by atoms with van der Waals surface area (Å²) in [6.07, 6.45) is 5.05. The Hall–Kier alpha value is -2.40. The van der Waals surface area contributed by atoms with Gasteiger partial charge in [-0.1, -0.05) is 61.3 Å². The van der Waals surface area contributed by atoms with E-state index in [9.17, 15) is 0 Å². The molecule has 0 aliphatic rings. The topological polar surface area (TPSA) is 26.0 Å². The van der Waals surface area contributed by atoms with Crippen molar-refractivity contribution in [2.24, 2.45) is 5.73 Å². The van der Waals surface area contributed by atoms with Gasteiger partial charge in [0.05, 0.1) is 0 Å². The first kappa shape index (κ1) is 24.7. The van der Waals surface area contributed by atoms with E-state index < -0.39 is 0 Å². The maximum absolute atomic E-state index is 5.75. The van der Waals surface area contributed by atoms with E-state index in [1.54, 1.807) is 0 Å². The first-order valence-corrected chi connectivity index (χ1v) is 14.0.